The van der Waals surface area contributed by atoms with Gasteiger partial charge in [-0.2, -0.15) is 11.8 Å². The summed E-state index contributed by atoms with van der Waals surface area (Å²) in [4.78, 5) is 0.332. The minimum Gasteiger partial charge on any atom is -0.316 e. The third-order valence-corrected chi connectivity index (χ3v) is 6.87. The molecule has 0 saturated carbocycles. The number of sulfonamides is 1. The van der Waals surface area contributed by atoms with Crippen LogP contribution in [0.25, 0.3) is 0 Å². The fourth-order valence-electron chi connectivity index (χ4n) is 1.71. The van der Waals surface area contributed by atoms with Crippen molar-refractivity contribution in [1.29, 1.82) is 0 Å². The van der Waals surface area contributed by atoms with Gasteiger partial charge < -0.3 is 5.32 Å². The Balaban J connectivity index is 3.13. The van der Waals surface area contributed by atoms with Crippen molar-refractivity contribution in [2.45, 2.75) is 37.0 Å². The van der Waals surface area contributed by atoms with Gasteiger partial charge in [0.15, 0.2) is 0 Å². The van der Waals surface area contributed by atoms with Gasteiger partial charge in [-0.15, -0.1) is 0 Å². The van der Waals surface area contributed by atoms with Gasteiger partial charge in [-0.05, 0) is 57.3 Å². The van der Waals surface area contributed by atoms with E-state index in [4.69, 9.17) is 0 Å². The van der Waals surface area contributed by atoms with Crippen LogP contribution in [-0.4, -0.2) is 33.0 Å². The Kier molecular flexibility index (Phi) is 6.74. The molecule has 0 spiro atoms. The normalized spacial score (nSPS) is 12.7. The van der Waals surface area contributed by atoms with Crippen LogP contribution in [0.3, 0.4) is 0 Å². The van der Waals surface area contributed by atoms with E-state index in [-0.39, 0.29) is 4.75 Å². The number of hydrogen-bond acceptors (Lipinski definition) is 4. The number of nitrogens with one attached hydrogen (secondary N) is 2. The molecule has 0 radical (unpaired) electrons. The molecule has 0 unspecified atom stereocenters. The van der Waals surface area contributed by atoms with Gasteiger partial charge in [0.05, 0.1) is 4.90 Å². The van der Waals surface area contributed by atoms with Crippen molar-refractivity contribution >= 4 is 37.7 Å². The van der Waals surface area contributed by atoms with Crippen LogP contribution in [0.4, 0.5) is 0 Å². The van der Waals surface area contributed by atoms with E-state index < -0.39 is 10.0 Å². The first-order valence-corrected chi connectivity index (χ1v) is 10.1. The molecule has 0 heterocycles. The maximum absolute atomic E-state index is 12.6. The Bertz CT molecular complexity index is 601. The summed E-state index contributed by atoms with van der Waals surface area (Å²) in [5.74, 6) is 0. The van der Waals surface area contributed by atoms with Crippen molar-refractivity contribution in [3.05, 3.63) is 27.7 Å². The Morgan fingerprint density at radius 2 is 1.95 bits per heavy atom. The third-order valence-electron chi connectivity index (χ3n) is 3.27. The van der Waals surface area contributed by atoms with Gasteiger partial charge in [0.2, 0.25) is 10.0 Å². The van der Waals surface area contributed by atoms with Gasteiger partial charge >= 0.3 is 0 Å². The van der Waals surface area contributed by atoms with Crippen LogP contribution < -0.4 is 10.0 Å². The molecular weight excluding hydrogens is 372 g/mol. The summed E-state index contributed by atoms with van der Waals surface area (Å²) in [5, 5.41) is 3.04. The molecule has 0 bridgehead atoms. The lowest BCUT2D eigenvalue weighted by atomic mass is 10.1. The van der Waals surface area contributed by atoms with E-state index in [0.717, 1.165) is 15.6 Å². The van der Waals surface area contributed by atoms with E-state index >= 15 is 0 Å². The second kappa shape index (κ2) is 7.46. The second-order valence-electron chi connectivity index (χ2n) is 5.52. The summed E-state index contributed by atoms with van der Waals surface area (Å²) in [6.07, 6.45) is 1.98. The average Bonchev–Trinajstić information content (AvgIpc) is 2.41. The van der Waals surface area contributed by atoms with Crippen molar-refractivity contribution in [2.75, 3.05) is 19.8 Å². The van der Waals surface area contributed by atoms with E-state index in [1.54, 1.807) is 17.8 Å². The highest BCUT2D eigenvalue weighted by atomic mass is 79.9. The second-order valence-corrected chi connectivity index (χ2v) is 9.62. The first-order valence-electron chi connectivity index (χ1n) is 6.61. The molecule has 0 aromatic heterocycles. The molecule has 1 rings (SSSR count). The van der Waals surface area contributed by atoms with Crippen LogP contribution in [0.5, 0.6) is 0 Å². The smallest absolute Gasteiger partial charge is 0.240 e. The molecule has 0 saturated heterocycles. The minimum absolute atomic E-state index is 0.138. The van der Waals surface area contributed by atoms with Gasteiger partial charge in [0, 0.05) is 22.3 Å². The molecular formula is C14H23BrN2O2S2. The first kappa shape index (κ1) is 19.0. The van der Waals surface area contributed by atoms with Crippen LogP contribution in [0.15, 0.2) is 21.5 Å². The van der Waals surface area contributed by atoms with E-state index in [1.807, 2.05) is 40.1 Å². The molecule has 21 heavy (non-hydrogen) atoms. The SMILES string of the molecule is CNCc1cc(Br)c(C)c(S(=O)(=O)NCC(C)(C)SC)c1. The van der Waals surface area contributed by atoms with Crippen LogP contribution in [0, 0.1) is 6.92 Å². The quantitative estimate of drug-likeness (QED) is 0.746. The summed E-state index contributed by atoms with van der Waals surface area (Å²) in [5.41, 5.74) is 1.66. The number of thioether (sulfide) groups is 1. The van der Waals surface area contributed by atoms with E-state index in [1.165, 1.54) is 0 Å². The summed E-state index contributed by atoms with van der Waals surface area (Å²) in [6.45, 7) is 6.85. The summed E-state index contributed by atoms with van der Waals surface area (Å²) < 4.78 is 28.5. The topological polar surface area (TPSA) is 58.2 Å². The lowest BCUT2D eigenvalue weighted by Crippen LogP contribution is -2.36. The highest BCUT2D eigenvalue weighted by Crippen LogP contribution is 2.27. The van der Waals surface area contributed by atoms with Crippen molar-refractivity contribution in [3.8, 4) is 0 Å². The van der Waals surface area contributed by atoms with Crippen LogP contribution in [0.2, 0.25) is 0 Å². The average molecular weight is 395 g/mol. The van der Waals surface area contributed by atoms with E-state index in [0.29, 0.717) is 18.0 Å². The van der Waals surface area contributed by atoms with E-state index in [9.17, 15) is 8.42 Å². The molecule has 0 aliphatic heterocycles. The minimum atomic E-state index is -3.52. The van der Waals surface area contributed by atoms with Crippen molar-refractivity contribution in [2.24, 2.45) is 0 Å². The van der Waals surface area contributed by atoms with Gasteiger partial charge in [-0.25, -0.2) is 13.1 Å². The molecule has 0 aliphatic rings. The van der Waals surface area contributed by atoms with Crippen molar-refractivity contribution in [1.82, 2.24) is 10.0 Å². The molecule has 0 amide bonds. The zero-order valence-corrected chi connectivity index (χ0v) is 16.3. The monoisotopic (exact) mass is 394 g/mol. The van der Waals surface area contributed by atoms with Gasteiger partial charge in [0.1, 0.15) is 0 Å². The zero-order chi connectivity index (χ0) is 16.3. The number of halogens is 1. The van der Waals surface area contributed by atoms with Gasteiger partial charge in [0.25, 0.3) is 0 Å². The molecule has 2 N–H and O–H groups in total. The number of hydrogen-bond donors (Lipinski definition) is 2. The first-order chi connectivity index (χ1) is 9.63. The van der Waals surface area contributed by atoms with Crippen molar-refractivity contribution < 1.29 is 8.42 Å². The molecule has 1 aromatic carbocycles. The maximum atomic E-state index is 12.6. The molecule has 7 heteroatoms. The highest BCUT2D eigenvalue weighted by Gasteiger charge is 2.23. The summed E-state index contributed by atoms with van der Waals surface area (Å²) >= 11 is 5.07. The lowest BCUT2D eigenvalue weighted by Gasteiger charge is -2.22. The highest BCUT2D eigenvalue weighted by molar-refractivity contribution is 9.10. The Morgan fingerprint density at radius 3 is 2.48 bits per heavy atom. The summed E-state index contributed by atoms with van der Waals surface area (Å²) in [6, 6.07) is 3.67. The van der Waals surface area contributed by atoms with Gasteiger partial charge in [-0.1, -0.05) is 15.9 Å². The molecule has 4 nitrogen and oxygen atoms in total. The molecule has 0 atom stereocenters. The summed E-state index contributed by atoms with van der Waals surface area (Å²) in [7, 11) is -1.68. The van der Waals surface area contributed by atoms with Crippen LogP contribution in [0.1, 0.15) is 25.0 Å². The fourth-order valence-corrected chi connectivity index (χ4v) is 4.18. The largest absolute Gasteiger partial charge is 0.316 e. The third kappa shape index (κ3) is 5.25. The van der Waals surface area contributed by atoms with Gasteiger partial charge in [-0.3, -0.25) is 0 Å². The predicted molar refractivity (Wildman–Crippen MR) is 94.4 cm³/mol. The molecule has 0 aliphatic carbocycles. The fraction of sp³-hybridized carbons (Fsp3) is 0.571. The lowest BCUT2D eigenvalue weighted by molar-refractivity contribution is 0.570. The number of rotatable bonds is 7. The zero-order valence-electron chi connectivity index (χ0n) is 13.1. The molecule has 0 fully saturated rings. The van der Waals surface area contributed by atoms with Crippen LogP contribution >= 0.6 is 27.7 Å². The Morgan fingerprint density at radius 1 is 1.33 bits per heavy atom. The standard InChI is InChI=1S/C14H23BrN2O2S2/c1-10-12(15)6-11(8-16-4)7-13(10)21(18,19)17-9-14(2,3)20-5/h6-7,16-17H,8-9H2,1-5H3. The van der Waals surface area contributed by atoms with Crippen molar-refractivity contribution in [3.63, 3.8) is 0 Å². The molecule has 120 valence electrons. The maximum Gasteiger partial charge on any atom is 0.240 e. The van der Waals surface area contributed by atoms with Crippen LogP contribution in [-0.2, 0) is 16.6 Å². The van der Waals surface area contributed by atoms with E-state index in [2.05, 4.69) is 26.0 Å². The predicted octanol–water partition coefficient (Wildman–Crippen LogP) is 2.90. The Labute approximate surface area is 140 Å². The Hall–Kier alpha value is -0.0800. The number of benzene rings is 1. The molecule has 1 aromatic rings.